The second kappa shape index (κ2) is 2.81. The lowest BCUT2D eigenvalue weighted by atomic mass is 10.4. The van der Waals surface area contributed by atoms with Gasteiger partial charge in [0.15, 0.2) is 0 Å². The Morgan fingerprint density at radius 1 is 1.60 bits per heavy atom. The summed E-state index contributed by atoms with van der Waals surface area (Å²) < 4.78 is 0. The molecule has 0 radical (unpaired) electrons. The van der Waals surface area contributed by atoms with Gasteiger partial charge in [-0.1, -0.05) is 0 Å². The molecule has 0 saturated heterocycles. The van der Waals surface area contributed by atoms with E-state index in [0.717, 1.165) is 9.75 Å². The van der Waals surface area contributed by atoms with E-state index in [9.17, 15) is 0 Å². The fourth-order valence-corrected chi connectivity index (χ4v) is 1.38. The third-order valence-corrected chi connectivity index (χ3v) is 2.27. The number of thiophene rings is 1. The Bertz CT molecular complexity index is 241. The van der Waals surface area contributed by atoms with Crippen LogP contribution in [0.4, 0.5) is 0 Å². The summed E-state index contributed by atoms with van der Waals surface area (Å²) in [5.74, 6) is 0.115. The standard InChI is InChI=1S/C6H9N3S/c7-3-4-1-2-5(10-4)6(8)9/h1-2H,3,7H2,(H3,8,9). The minimum Gasteiger partial charge on any atom is -0.383 e. The summed E-state index contributed by atoms with van der Waals surface area (Å²) in [6.45, 7) is 0.526. The molecule has 0 amide bonds. The maximum atomic E-state index is 7.07. The van der Waals surface area contributed by atoms with E-state index in [4.69, 9.17) is 16.9 Å². The second-order valence-electron chi connectivity index (χ2n) is 1.88. The Labute approximate surface area is 63.2 Å². The predicted octanol–water partition coefficient (Wildman–Crippen LogP) is 0.491. The zero-order valence-electron chi connectivity index (χ0n) is 5.42. The molecule has 4 heteroatoms. The van der Waals surface area contributed by atoms with Crippen LogP contribution in [0.5, 0.6) is 0 Å². The van der Waals surface area contributed by atoms with Crippen molar-refractivity contribution in [1.29, 1.82) is 5.41 Å². The molecule has 0 aliphatic rings. The van der Waals surface area contributed by atoms with Gasteiger partial charge in [-0.25, -0.2) is 0 Å². The molecule has 0 atom stereocenters. The van der Waals surface area contributed by atoms with Gasteiger partial charge in [0.25, 0.3) is 0 Å². The molecule has 0 unspecified atom stereocenters. The number of rotatable bonds is 2. The molecule has 0 fully saturated rings. The molecule has 54 valence electrons. The molecule has 0 aliphatic heterocycles. The fourth-order valence-electron chi connectivity index (χ4n) is 0.632. The number of nitrogens with one attached hydrogen (secondary N) is 1. The van der Waals surface area contributed by atoms with Crippen molar-refractivity contribution in [2.75, 3.05) is 0 Å². The highest BCUT2D eigenvalue weighted by molar-refractivity contribution is 7.14. The highest BCUT2D eigenvalue weighted by Crippen LogP contribution is 2.14. The molecule has 0 aromatic carbocycles. The van der Waals surface area contributed by atoms with Gasteiger partial charge in [0, 0.05) is 11.4 Å². The summed E-state index contributed by atoms with van der Waals surface area (Å²) in [7, 11) is 0. The Morgan fingerprint density at radius 3 is 2.60 bits per heavy atom. The minimum atomic E-state index is 0.115. The first-order chi connectivity index (χ1) is 4.74. The predicted molar refractivity (Wildman–Crippen MR) is 43.2 cm³/mol. The van der Waals surface area contributed by atoms with Crippen molar-refractivity contribution in [2.45, 2.75) is 6.54 Å². The van der Waals surface area contributed by atoms with Crippen LogP contribution in [-0.4, -0.2) is 5.84 Å². The molecule has 5 N–H and O–H groups in total. The van der Waals surface area contributed by atoms with Gasteiger partial charge in [-0.15, -0.1) is 11.3 Å². The first-order valence-electron chi connectivity index (χ1n) is 2.87. The van der Waals surface area contributed by atoms with Crippen molar-refractivity contribution in [3.05, 3.63) is 21.9 Å². The van der Waals surface area contributed by atoms with Crippen LogP contribution in [0.25, 0.3) is 0 Å². The normalized spacial score (nSPS) is 9.70. The van der Waals surface area contributed by atoms with Crippen molar-refractivity contribution in [1.82, 2.24) is 0 Å². The van der Waals surface area contributed by atoms with Gasteiger partial charge in [-0.2, -0.15) is 0 Å². The van der Waals surface area contributed by atoms with Crippen LogP contribution in [0.15, 0.2) is 12.1 Å². The number of hydrogen-bond donors (Lipinski definition) is 3. The lowest BCUT2D eigenvalue weighted by Crippen LogP contribution is -2.08. The summed E-state index contributed by atoms with van der Waals surface area (Å²) in [6, 6.07) is 3.70. The molecular weight excluding hydrogens is 146 g/mol. The van der Waals surface area contributed by atoms with Gasteiger partial charge in [-0.05, 0) is 12.1 Å². The van der Waals surface area contributed by atoms with Crippen molar-refractivity contribution in [3.63, 3.8) is 0 Å². The van der Waals surface area contributed by atoms with Crippen molar-refractivity contribution < 1.29 is 0 Å². The SMILES string of the molecule is N=C(N)c1ccc(CN)s1. The van der Waals surface area contributed by atoms with E-state index in [1.54, 1.807) is 0 Å². The topological polar surface area (TPSA) is 75.9 Å². The van der Waals surface area contributed by atoms with E-state index in [0.29, 0.717) is 6.54 Å². The van der Waals surface area contributed by atoms with Crippen LogP contribution in [0, 0.1) is 5.41 Å². The average Bonchev–Trinajstić information content (AvgIpc) is 2.34. The largest absolute Gasteiger partial charge is 0.383 e. The number of nitrogens with two attached hydrogens (primary N) is 2. The van der Waals surface area contributed by atoms with E-state index < -0.39 is 0 Å². The van der Waals surface area contributed by atoms with Crippen LogP contribution < -0.4 is 11.5 Å². The highest BCUT2D eigenvalue weighted by atomic mass is 32.1. The zero-order valence-corrected chi connectivity index (χ0v) is 6.24. The second-order valence-corrected chi connectivity index (χ2v) is 3.05. The van der Waals surface area contributed by atoms with Gasteiger partial charge in [0.05, 0.1) is 4.88 Å². The third kappa shape index (κ3) is 1.34. The van der Waals surface area contributed by atoms with Gasteiger partial charge in [0.1, 0.15) is 5.84 Å². The molecule has 1 aromatic heterocycles. The molecule has 1 rings (SSSR count). The first-order valence-corrected chi connectivity index (χ1v) is 3.69. The lowest BCUT2D eigenvalue weighted by Gasteiger charge is -1.87. The molecule has 0 saturated carbocycles. The summed E-state index contributed by atoms with van der Waals surface area (Å²) in [4.78, 5) is 1.85. The quantitative estimate of drug-likeness (QED) is 0.429. The minimum absolute atomic E-state index is 0.115. The molecule has 0 aliphatic carbocycles. The number of amidine groups is 1. The van der Waals surface area contributed by atoms with E-state index in [2.05, 4.69) is 0 Å². The Morgan fingerprint density at radius 2 is 2.30 bits per heavy atom. The molecule has 0 spiro atoms. The molecule has 10 heavy (non-hydrogen) atoms. The monoisotopic (exact) mass is 155 g/mol. The molecule has 0 bridgehead atoms. The number of hydrogen-bond acceptors (Lipinski definition) is 3. The summed E-state index contributed by atoms with van der Waals surface area (Å²) in [5.41, 5.74) is 10.6. The summed E-state index contributed by atoms with van der Waals surface area (Å²) in [6.07, 6.45) is 0. The van der Waals surface area contributed by atoms with Gasteiger partial charge < -0.3 is 11.5 Å². The van der Waals surface area contributed by atoms with E-state index in [1.807, 2.05) is 12.1 Å². The number of nitrogen functional groups attached to an aromatic ring is 1. The van der Waals surface area contributed by atoms with Crippen LogP contribution in [0.3, 0.4) is 0 Å². The van der Waals surface area contributed by atoms with E-state index in [1.165, 1.54) is 11.3 Å². The van der Waals surface area contributed by atoms with Crippen LogP contribution >= 0.6 is 11.3 Å². The van der Waals surface area contributed by atoms with Crippen LogP contribution in [-0.2, 0) is 6.54 Å². The highest BCUT2D eigenvalue weighted by Gasteiger charge is 1.99. The maximum Gasteiger partial charge on any atom is 0.133 e. The third-order valence-electron chi connectivity index (χ3n) is 1.13. The summed E-state index contributed by atoms with van der Waals surface area (Å²) >= 11 is 1.47. The molecule has 3 nitrogen and oxygen atoms in total. The summed E-state index contributed by atoms with van der Waals surface area (Å²) in [5, 5.41) is 7.07. The first kappa shape index (κ1) is 7.24. The van der Waals surface area contributed by atoms with Gasteiger partial charge in [-0.3, -0.25) is 5.41 Å². The Hall–Kier alpha value is -0.870. The van der Waals surface area contributed by atoms with Crippen molar-refractivity contribution >= 4 is 17.2 Å². The Balaban J connectivity index is 2.88. The molecule has 1 aromatic rings. The average molecular weight is 155 g/mol. The zero-order chi connectivity index (χ0) is 7.56. The fraction of sp³-hybridized carbons (Fsp3) is 0.167. The maximum absolute atomic E-state index is 7.07. The van der Waals surface area contributed by atoms with Crippen molar-refractivity contribution in [2.24, 2.45) is 11.5 Å². The smallest absolute Gasteiger partial charge is 0.133 e. The lowest BCUT2D eigenvalue weighted by molar-refractivity contribution is 1.11. The van der Waals surface area contributed by atoms with Crippen molar-refractivity contribution in [3.8, 4) is 0 Å². The Kier molecular flexibility index (Phi) is 2.03. The molecule has 1 heterocycles. The van der Waals surface area contributed by atoms with E-state index >= 15 is 0 Å². The van der Waals surface area contributed by atoms with Crippen LogP contribution in [0.1, 0.15) is 9.75 Å². The van der Waals surface area contributed by atoms with Crippen LogP contribution in [0.2, 0.25) is 0 Å². The van der Waals surface area contributed by atoms with Gasteiger partial charge >= 0.3 is 0 Å². The van der Waals surface area contributed by atoms with Gasteiger partial charge in [0.2, 0.25) is 0 Å². The van der Waals surface area contributed by atoms with E-state index in [-0.39, 0.29) is 5.84 Å². The molecular formula is C6H9N3S.